The summed E-state index contributed by atoms with van der Waals surface area (Å²) in [5, 5.41) is 0. The largest absolute Gasteiger partial charge is 0.505 e. The molecule has 0 saturated carbocycles. The first-order valence-corrected chi connectivity index (χ1v) is 8.58. The van der Waals surface area contributed by atoms with E-state index in [9.17, 15) is 4.79 Å². The van der Waals surface area contributed by atoms with Gasteiger partial charge >= 0.3 is 13.1 Å². The molecule has 1 aromatic heterocycles. The maximum Gasteiger partial charge on any atom is 0.505 e. The van der Waals surface area contributed by atoms with Crippen LogP contribution in [-0.2, 0) is 25.3 Å². The molecule has 22 heavy (non-hydrogen) atoms. The van der Waals surface area contributed by atoms with Gasteiger partial charge in [-0.2, -0.15) is 0 Å². The SMILES string of the molecule is COC(=O)CCCCc1ccc(B2OC(C)(C)C(C)(C)O2)s1. The zero-order chi connectivity index (χ0) is 16.4. The maximum atomic E-state index is 11.1. The number of rotatable bonds is 6. The zero-order valence-corrected chi connectivity index (χ0v) is 14.9. The number of hydrogen-bond acceptors (Lipinski definition) is 5. The lowest BCUT2D eigenvalue weighted by atomic mass is 9.88. The van der Waals surface area contributed by atoms with Gasteiger partial charge in [0, 0.05) is 16.1 Å². The highest BCUT2D eigenvalue weighted by molar-refractivity contribution is 7.22. The normalized spacial score (nSPS) is 19.4. The van der Waals surface area contributed by atoms with E-state index in [1.165, 1.54) is 12.0 Å². The second kappa shape index (κ2) is 6.73. The molecule has 122 valence electrons. The number of unbranched alkanes of at least 4 members (excludes halogenated alkanes) is 1. The van der Waals surface area contributed by atoms with Crippen LogP contribution < -0.4 is 4.78 Å². The Hall–Kier alpha value is -0.845. The molecular formula is C16H25BO4S. The van der Waals surface area contributed by atoms with Gasteiger partial charge in [0.1, 0.15) is 0 Å². The van der Waals surface area contributed by atoms with E-state index >= 15 is 0 Å². The summed E-state index contributed by atoms with van der Waals surface area (Å²) < 4.78 is 17.9. The van der Waals surface area contributed by atoms with Crippen molar-refractivity contribution in [3.05, 3.63) is 17.0 Å². The van der Waals surface area contributed by atoms with E-state index in [1.807, 2.05) is 0 Å². The molecule has 0 radical (unpaired) electrons. The molecule has 0 N–H and O–H groups in total. The highest BCUT2D eigenvalue weighted by atomic mass is 32.1. The van der Waals surface area contributed by atoms with E-state index in [0.29, 0.717) is 6.42 Å². The first kappa shape index (κ1) is 17.5. The van der Waals surface area contributed by atoms with E-state index < -0.39 is 0 Å². The summed E-state index contributed by atoms with van der Waals surface area (Å²) in [5.74, 6) is -0.135. The number of thiophene rings is 1. The van der Waals surface area contributed by atoms with E-state index in [1.54, 1.807) is 11.3 Å². The van der Waals surface area contributed by atoms with E-state index in [-0.39, 0.29) is 24.3 Å². The van der Waals surface area contributed by atoms with Crippen LogP contribution in [0.3, 0.4) is 0 Å². The van der Waals surface area contributed by atoms with Crippen LogP contribution in [0.4, 0.5) is 0 Å². The van der Waals surface area contributed by atoms with Gasteiger partial charge in [-0.15, -0.1) is 11.3 Å². The predicted molar refractivity (Wildman–Crippen MR) is 89.6 cm³/mol. The lowest BCUT2D eigenvalue weighted by molar-refractivity contribution is -0.140. The molecule has 0 spiro atoms. The smallest absolute Gasteiger partial charge is 0.469 e. The molecule has 0 atom stereocenters. The van der Waals surface area contributed by atoms with Crippen LogP contribution in [0.5, 0.6) is 0 Å². The fourth-order valence-electron chi connectivity index (χ4n) is 2.29. The first-order chi connectivity index (χ1) is 10.2. The van der Waals surface area contributed by atoms with Crippen molar-refractivity contribution in [3.63, 3.8) is 0 Å². The van der Waals surface area contributed by atoms with Crippen molar-refractivity contribution in [2.24, 2.45) is 0 Å². The molecule has 0 amide bonds. The van der Waals surface area contributed by atoms with E-state index in [4.69, 9.17) is 9.31 Å². The summed E-state index contributed by atoms with van der Waals surface area (Å²) >= 11 is 1.73. The van der Waals surface area contributed by atoms with E-state index in [2.05, 4.69) is 44.6 Å². The van der Waals surface area contributed by atoms with Crippen molar-refractivity contribution in [3.8, 4) is 0 Å². The summed E-state index contributed by atoms with van der Waals surface area (Å²) in [5.41, 5.74) is -0.606. The van der Waals surface area contributed by atoms with Gasteiger partial charge in [-0.05, 0) is 53.0 Å². The Morgan fingerprint density at radius 3 is 2.41 bits per heavy atom. The molecule has 1 aliphatic rings. The molecule has 0 aromatic carbocycles. The van der Waals surface area contributed by atoms with Crippen LogP contribution in [0.15, 0.2) is 12.1 Å². The second-order valence-corrected chi connectivity index (χ2v) is 7.88. The minimum atomic E-state index is -0.303. The Morgan fingerprint density at radius 2 is 1.82 bits per heavy atom. The quantitative estimate of drug-likeness (QED) is 0.458. The van der Waals surface area contributed by atoms with Crippen LogP contribution in [0.2, 0.25) is 0 Å². The summed E-state index contributed by atoms with van der Waals surface area (Å²) in [7, 11) is 1.15. The van der Waals surface area contributed by atoms with Crippen molar-refractivity contribution in [1.29, 1.82) is 0 Å². The lowest BCUT2D eigenvalue weighted by Gasteiger charge is -2.32. The monoisotopic (exact) mass is 324 g/mol. The fourth-order valence-corrected chi connectivity index (χ4v) is 3.30. The van der Waals surface area contributed by atoms with Crippen LogP contribution in [0.25, 0.3) is 0 Å². The van der Waals surface area contributed by atoms with Gasteiger partial charge in [-0.3, -0.25) is 4.79 Å². The number of esters is 1. The van der Waals surface area contributed by atoms with Gasteiger partial charge in [0.25, 0.3) is 0 Å². The number of carbonyl (C=O) groups is 1. The molecule has 4 nitrogen and oxygen atoms in total. The highest BCUT2D eigenvalue weighted by Crippen LogP contribution is 2.37. The Kier molecular flexibility index (Phi) is 5.35. The van der Waals surface area contributed by atoms with Crippen LogP contribution >= 0.6 is 11.3 Å². The molecule has 6 heteroatoms. The van der Waals surface area contributed by atoms with Crippen molar-refractivity contribution in [2.75, 3.05) is 7.11 Å². The molecule has 0 bridgehead atoms. The molecule has 1 saturated heterocycles. The Balaban J connectivity index is 1.86. The number of methoxy groups -OCH3 is 1. The summed E-state index contributed by atoms with van der Waals surface area (Å²) in [4.78, 5) is 12.4. The third-order valence-corrected chi connectivity index (χ3v) is 5.62. The van der Waals surface area contributed by atoms with Crippen molar-refractivity contribution < 1.29 is 18.8 Å². The third kappa shape index (κ3) is 3.92. The van der Waals surface area contributed by atoms with Crippen LogP contribution in [0.1, 0.15) is 51.8 Å². The molecule has 0 unspecified atom stereocenters. The summed E-state index contributed by atoms with van der Waals surface area (Å²) in [6.07, 6.45) is 3.31. The summed E-state index contributed by atoms with van der Waals surface area (Å²) in [6.45, 7) is 8.26. The minimum Gasteiger partial charge on any atom is -0.469 e. The second-order valence-electron chi connectivity index (χ2n) is 6.68. The third-order valence-electron chi connectivity index (χ3n) is 4.45. The Morgan fingerprint density at radius 1 is 1.18 bits per heavy atom. The molecular weight excluding hydrogens is 299 g/mol. The van der Waals surface area contributed by atoms with Crippen LogP contribution in [-0.4, -0.2) is 31.4 Å². The fraction of sp³-hybridized carbons (Fsp3) is 0.688. The number of aryl methyl sites for hydroxylation is 1. The molecule has 1 aliphatic heterocycles. The Bertz CT molecular complexity index is 508. The maximum absolute atomic E-state index is 11.1. The lowest BCUT2D eigenvalue weighted by Crippen LogP contribution is -2.41. The molecule has 1 fully saturated rings. The minimum absolute atomic E-state index is 0.135. The highest BCUT2D eigenvalue weighted by Gasteiger charge is 2.52. The number of ether oxygens (including phenoxy) is 1. The van der Waals surface area contributed by atoms with Crippen molar-refractivity contribution in [2.45, 2.75) is 64.6 Å². The Labute approximate surface area is 137 Å². The van der Waals surface area contributed by atoms with Crippen molar-refractivity contribution >= 4 is 29.2 Å². The van der Waals surface area contributed by atoms with Gasteiger partial charge in [-0.1, -0.05) is 6.07 Å². The molecule has 1 aromatic rings. The average Bonchev–Trinajstić information content (AvgIpc) is 2.98. The zero-order valence-electron chi connectivity index (χ0n) is 14.1. The van der Waals surface area contributed by atoms with Gasteiger partial charge in [-0.25, -0.2) is 0 Å². The van der Waals surface area contributed by atoms with Gasteiger partial charge < -0.3 is 14.0 Å². The standard InChI is InChI=1S/C16H25BO4S/c1-15(2)16(3,4)21-17(20-15)13-11-10-12(22-13)8-6-7-9-14(18)19-5/h10-11H,6-9H2,1-5H3. The molecule has 2 heterocycles. The molecule has 0 aliphatic carbocycles. The first-order valence-electron chi connectivity index (χ1n) is 7.76. The van der Waals surface area contributed by atoms with Gasteiger partial charge in [0.05, 0.1) is 18.3 Å². The number of carbonyl (C=O) groups excluding carboxylic acids is 1. The predicted octanol–water partition coefficient (Wildman–Crippen LogP) is 2.93. The number of hydrogen-bond donors (Lipinski definition) is 0. The average molecular weight is 324 g/mol. The van der Waals surface area contributed by atoms with Gasteiger partial charge in [0.15, 0.2) is 0 Å². The van der Waals surface area contributed by atoms with Crippen molar-refractivity contribution in [1.82, 2.24) is 0 Å². The molecule has 2 rings (SSSR count). The topological polar surface area (TPSA) is 44.8 Å². The summed E-state index contributed by atoms with van der Waals surface area (Å²) in [6, 6.07) is 4.21. The van der Waals surface area contributed by atoms with Gasteiger partial charge in [0.2, 0.25) is 0 Å². The van der Waals surface area contributed by atoms with Crippen LogP contribution in [0, 0.1) is 0 Å². The van der Waals surface area contributed by atoms with E-state index in [0.717, 1.165) is 24.0 Å².